The number of halogens is 1. The number of alkyl halides is 1. The van der Waals surface area contributed by atoms with Crippen molar-refractivity contribution < 1.29 is 38.9 Å². The number of ketones is 1. The number of hydrazone groups is 1. The first-order valence-electron chi connectivity index (χ1n) is 13.8. The molecule has 4 N–H and O–H groups in total. The van der Waals surface area contributed by atoms with Crippen LogP contribution in [0, 0.1) is 28.6 Å². The van der Waals surface area contributed by atoms with Gasteiger partial charge in [-0.25, -0.2) is 9.82 Å². The molecule has 3 saturated carbocycles. The smallest absolute Gasteiger partial charge is 0.253 e. The number of carbonyl (C=O) groups excluding carboxylic acids is 4. The Hall–Kier alpha value is -3.02. The van der Waals surface area contributed by atoms with Gasteiger partial charge in [-0.05, 0) is 56.6 Å². The molecule has 8 atom stereocenters. The Labute approximate surface area is 231 Å². The van der Waals surface area contributed by atoms with Gasteiger partial charge in [0.25, 0.3) is 11.8 Å². The average molecular weight is 558 g/mol. The predicted molar refractivity (Wildman–Crippen MR) is 141 cm³/mol. The van der Waals surface area contributed by atoms with Crippen molar-refractivity contribution in [3.63, 3.8) is 0 Å². The molecule has 216 valence electrons. The van der Waals surface area contributed by atoms with Crippen molar-refractivity contribution in [1.82, 2.24) is 10.3 Å². The van der Waals surface area contributed by atoms with Crippen molar-refractivity contribution in [3.8, 4) is 0 Å². The van der Waals surface area contributed by atoms with Crippen LogP contribution in [-0.4, -0.2) is 80.0 Å². The molecule has 3 fully saturated rings. The maximum absolute atomic E-state index is 17.3. The highest BCUT2D eigenvalue weighted by molar-refractivity contribution is 6.13. The third-order valence-electron chi connectivity index (χ3n) is 10.6. The lowest BCUT2D eigenvalue weighted by Crippen LogP contribution is -2.69. The summed E-state index contributed by atoms with van der Waals surface area (Å²) in [5.74, 6) is -3.35. The summed E-state index contributed by atoms with van der Waals surface area (Å²) in [5, 5.41) is 38.1. The van der Waals surface area contributed by atoms with Gasteiger partial charge in [0.05, 0.1) is 18.4 Å². The topological polar surface area (TPSA) is 157 Å². The summed E-state index contributed by atoms with van der Waals surface area (Å²) in [4.78, 5) is 48.9. The van der Waals surface area contributed by atoms with Crippen LogP contribution in [0.3, 0.4) is 0 Å². The summed E-state index contributed by atoms with van der Waals surface area (Å²) < 4.78 is 17.3. The molecule has 0 aromatic carbocycles. The van der Waals surface area contributed by atoms with Gasteiger partial charge in [0.15, 0.2) is 11.5 Å². The molecule has 0 saturated heterocycles. The number of hydrogen-bond acceptors (Lipinski definition) is 8. The summed E-state index contributed by atoms with van der Waals surface area (Å²) in [6.07, 6.45) is 6.11. The van der Waals surface area contributed by atoms with E-state index in [-0.39, 0.29) is 36.8 Å². The zero-order chi connectivity index (χ0) is 29.3. The fraction of sp³-hybridized carbons (Fsp3) is 0.621. The molecule has 5 aliphatic rings. The van der Waals surface area contributed by atoms with E-state index in [9.17, 15) is 34.5 Å². The van der Waals surface area contributed by atoms with Crippen LogP contribution < -0.4 is 5.43 Å². The molecular weight excluding hydrogens is 521 g/mol. The highest BCUT2D eigenvalue weighted by Gasteiger charge is 2.75. The highest BCUT2D eigenvalue weighted by Crippen LogP contribution is 2.70. The lowest BCUT2D eigenvalue weighted by Gasteiger charge is -2.62. The fourth-order valence-electron chi connectivity index (χ4n) is 8.45. The quantitative estimate of drug-likeness (QED) is 0.217. The SMILES string of the molecule is CC1CC2C3CCC4=CC(=O)C=CC4(C)C3(F)C(O)CC2(C)C1(O)C(CO)=NNC(=O)CCN1C(=O)C=CC1=O. The van der Waals surface area contributed by atoms with Crippen molar-refractivity contribution in [3.05, 3.63) is 36.0 Å². The second-order valence-electron chi connectivity index (χ2n) is 12.3. The largest absolute Gasteiger partial charge is 0.390 e. The van der Waals surface area contributed by atoms with Gasteiger partial charge in [-0.3, -0.25) is 24.1 Å². The zero-order valence-electron chi connectivity index (χ0n) is 22.9. The van der Waals surface area contributed by atoms with Gasteiger partial charge in [-0.1, -0.05) is 25.5 Å². The van der Waals surface area contributed by atoms with Crippen LogP contribution in [0.15, 0.2) is 41.1 Å². The Morgan fingerprint density at radius 1 is 1.18 bits per heavy atom. The number of hydrogen-bond donors (Lipinski definition) is 4. The first kappa shape index (κ1) is 28.5. The van der Waals surface area contributed by atoms with Crippen molar-refractivity contribution in [2.75, 3.05) is 13.2 Å². The van der Waals surface area contributed by atoms with Crippen LogP contribution in [0.4, 0.5) is 4.39 Å². The Morgan fingerprint density at radius 3 is 2.50 bits per heavy atom. The Bertz CT molecular complexity index is 1270. The number of aliphatic hydroxyl groups is 3. The van der Waals surface area contributed by atoms with Crippen LogP contribution in [-0.2, 0) is 19.2 Å². The molecule has 1 heterocycles. The molecule has 11 heteroatoms. The van der Waals surface area contributed by atoms with Gasteiger partial charge in [0.2, 0.25) is 5.91 Å². The molecule has 0 radical (unpaired) electrons. The van der Waals surface area contributed by atoms with Gasteiger partial charge in [0.1, 0.15) is 5.60 Å². The number of aliphatic hydroxyl groups excluding tert-OH is 2. The van der Waals surface area contributed by atoms with E-state index in [0.29, 0.717) is 24.8 Å². The van der Waals surface area contributed by atoms with E-state index in [1.807, 2.05) is 0 Å². The Balaban J connectivity index is 1.40. The van der Waals surface area contributed by atoms with Gasteiger partial charge in [-0.15, -0.1) is 0 Å². The van der Waals surface area contributed by atoms with E-state index < -0.39 is 64.4 Å². The summed E-state index contributed by atoms with van der Waals surface area (Å²) >= 11 is 0. The summed E-state index contributed by atoms with van der Waals surface area (Å²) in [6.45, 7) is 4.45. The molecule has 0 bridgehead atoms. The number of amides is 3. The standard InChI is InChI=1S/C29H36FN3O7/c1-16-12-20-19-5-4-17-13-18(35)8-10-26(17,2)28(19,30)22(36)14-27(20,3)29(16,40)21(15-34)31-32-23(37)9-11-33-24(38)6-7-25(33)39/h6-8,10,13,16,19-20,22,34,36,40H,4-5,9,11-12,14-15H2,1-3H3,(H,32,37). The number of nitrogens with zero attached hydrogens (tertiary/aromatic N) is 2. The van der Waals surface area contributed by atoms with E-state index in [1.165, 1.54) is 12.2 Å². The van der Waals surface area contributed by atoms with E-state index in [0.717, 1.165) is 17.1 Å². The molecule has 40 heavy (non-hydrogen) atoms. The zero-order valence-corrected chi connectivity index (χ0v) is 22.9. The van der Waals surface area contributed by atoms with Crippen molar-refractivity contribution in [2.24, 2.45) is 33.7 Å². The number of allylic oxidation sites excluding steroid dienone is 4. The molecule has 0 aromatic heterocycles. The Kier molecular flexibility index (Phi) is 6.79. The van der Waals surface area contributed by atoms with E-state index in [1.54, 1.807) is 26.8 Å². The second kappa shape index (κ2) is 9.53. The maximum Gasteiger partial charge on any atom is 0.253 e. The lowest BCUT2D eigenvalue weighted by molar-refractivity contribution is -0.209. The van der Waals surface area contributed by atoms with Crippen LogP contribution in [0.25, 0.3) is 0 Å². The minimum absolute atomic E-state index is 0.0994. The monoisotopic (exact) mass is 557 g/mol. The fourth-order valence-corrected chi connectivity index (χ4v) is 8.45. The normalized spacial score (nSPS) is 42.5. The minimum Gasteiger partial charge on any atom is -0.390 e. The van der Waals surface area contributed by atoms with Crippen molar-refractivity contribution >= 4 is 29.2 Å². The van der Waals surface area contributed by atoms with E-state index >= 15 is 4.39 Å². The van der Waals surface area contributed by atoms with Crippen LogP contribution in [0.1, 0.15) is 52.9 Å². The molecular formula is C29H36FN3O7. The molecule has 0 spiro atoms. The minimum atomic E-state index is -2.06. The Morgan fingerprint density at radius 2 is 1.85 bits per heavy atom. The molecule has 5 rings (SSSR count). The van der Waals surface area contributed by atoms with Crippen LogP contribution in [0.2, 0.25) is 0 Å². The first-order valence-corrected chi connectivity index (χ1v) is 13.8. The van der Waals surface area contributed by atoms with Crippen LogP contribution >= 0.6 is 0 Å². The van der Waals surface area contributed by atoms with Crippen LogP contribution in [0.5, 0.6) is 0 Å². The van der Waals surface area contributed by atoms with E-state index in [4.69, 9.17) is 0 Å². The molecule has 10 nitrogen and oxygen atoms in total. The van der Waals surface area contributed by atoms with E-state index in [2.05, 4.69) is 10.5 Å². The summed E-state index contributed by atoms with van der Waals surface area (Å²) in [7, 11) is 0. The van der Waals surface area contributed by atoms with Gasteiger partial charge in [-0.2, -0.15) is 5.10 Å². The first-order chi connectivity index (χ1) is 18.7. The number of fused-ring (bicyclic) bond motifs is 5. The molecule has 1 aliphatic heterocycles. The van der Waals surface area contributed by atoms with Gasteiger partial charge >= 0.3 is 0 Å². The number of imide groups is 1. The van der Waals surface area contributed by atoms with Gasteiger partial charge < -0.3 is 15.3 Å². The maximum atomic E-state index is 17.3. The third-order valence-corrected chi connectivity index (χ3v) is 10.6. The lowest BCUT2D eigenvalue weighted by atomic mass is 9.44. The van der Waals surface area contributed by atoms with Crippen molar-refractivity contribution in [1.29, 1.82) is 0 Å². The summed E-state index contributed by atoms with van der Waals surface area (Å²) in [6, 6.07) is 0. The number of rotatable bonds is 6. The average Bonchev–Trinajstić information content (AvgIpc) is 3.32. The van der Waals surface area contributed by atoms with Gasteiger partial charge in [0, 0.05) is 41.9 Å². The second-order valence-corrected chi connectivity index (χ2v) is 12.3. The molecule has 0 aromatic rings. The number of carbonyl (C=O) groups is 4. The molecule has 8 unspecified atom stereocenters. The number of nitrogens with one attached hydrogen (secondary N) is 1. The summed E-state index contributed by atoms with van der Waals surface area (Å²) in [5.41, 5.74) is -3.18. The highest BCUT2D eigenvalue weighted by atomic mass is 19.1. The third kappa shape index (κ3) is 3.74. The molecule has 3 amide bonds. The predicted octanol–water partition coefficient (Wildman–Crippen LogP) is 1.11. The van der Waals surface area contributed by atoms with Crippen molar-refractivity contribution in [2.45, 2.75) is 70.2 Å². The molecule has 4 aliphatic carbocycles.